The Hall–Kier alpha value is -3.04. The van der Waals surface area contributed by atoms with Gasteiger partial charge in [0.25, 0.3) is 0 Å². The summed E-state index contributed by atoms with van der Waals surface area (Å²) in [5.74, 6) is -3.79. The number of nitrogens with zero attached hydrogens (tertiary/aromatic N) is 1. The standard InChI is InChI=1S/C20H21F3N2O5/c1-4-28-18(26)13-10(3)24-17-15(16(25-30-17)19(27)29-5-2)14(13)11-8-6-7-9-12(11)20(21,22)23/h6-9,14-15,17,24H,4-5H2,1-3H3/t14-,15-,17+/m0/s1. The molecule has 7 nitrogen and oxygen atoms in total. The number of hydrogen-bond donors (Lipinski definition) is 1. The summed E-state index contributed by atoms with van der Waals surface area (Å²) >= 11 is 0. The Morgan fingerprint density at radius 2 is 1.77 bits per heavy atom. The second kappa shape index (κ2) is 8.37. The van der Waals surface area contributed by atoms with Gasteiger partial charge in [0.15, 0.2) is 5.71 Å². The maximum atomic E-state index is 13.8. The van der Waals surface area contributed by atoms with Gasteiger partial charge >= 0.3 is 18.1 Å². The fourth-order valence-corrected chi connectivity index (χ4v) is 3.78. The zero-order valence-corrected chi connectivity index (χ0v) is 16.6. The van der Waals surface area contributed by atoms with Crippen molar-refractivity contribution in [1.82, 2.24) is 5.32 Å². The van der Waals surface area contributed by atoms with Crippen molar-refractivity contribution in [3.8, 4) is 0 Å². The lowest BCUT2D eigenvalue weighted by atomic mass is 9.73. The zero-order chi connectivity index (χ0) is 22.1. The lowest BCUT2D eigenvalue weighted by Gasteiger charge is -2.36. The summed E-state index contributed by atoms with van der Waals surface area (Å²) in [6.07, 6.45) is -5.61. The van der Waals surface area contributed by atoms with E-state index in [0.29, 0.717) is 0 Å². The van der Waals surface area contributed by atoms with Crippen LogP contribution in [0.1, 0.15) is 37.8 Å². The predicted octanol–water partition coefficient (Wildman–Crippen LogP) is 3.12. The number of nitrogens with one attached hydrogen (secondary N) is 1. The third kappa shape index (κ3) is 3.86. The van der Waals surface area contributed by atoms with Crippen LogP contribution in [0.3, 0.4) is 0 Å². The van der Waals surface area contributed by atoms with Crippen molar-refractivity contribution < 1.29 is 37.1 Å². The Labute approximate surface area is 170 Å². The monoisotopic (exact) mass is 426 g/mol. The Morgan fingerprint density at radius 3 is 2.40 bits per heavy atom. The minimum absolute atomic E-state index is 0.0164. The topological polar surface area (TPSA) is 86.2 Å². The molecule has 3 atom stereocenters. The van der Waals surface area contributed by atoms with E-state index in [-0.39, 0.29) is 35.8 Å². The zero-order valence-electron chi connectivity index (χ0n) is 16.6. The highest BCUT2D eigenvalue weighted by Crippen LogP contribution is 2.46. The van der Waals surface area contributed by atoms with Crippen LogP contribution in [0.25, 0.3) is 0 Å². The average Bonchev–Trinajstić information content (AvgIpc) is 3.10. The highest BCUT2D eigenvalue weighted by atomic mass is 19.4. The molecular formula is C20H21F3N2O5. The SMILES string of the molecule is CCOC(=O)C1=NO[C@H]2NC(C)=C(C(=O)OCC)[C@H](c3ccccc3C(F)(F)F)[C@@H]12. The molecule has 3 rings (SSSR count). The molecule has 0 radical (unpaired) electrons. The van der Waals surface area contributed by atoms with Crippen LogP contribution in [0.15, 0.2) is 40.7 Å². The molecule has 30 heavy (non-hydrogen) atoms. The summed E-state index contributed by atoms with van der Waals surface area (Å²) in [7, 11) is 0. The van der Waals surface area contributed by atoms with Gasteiger partial charge in [0.2, 0.25) is 6.23 Å². The Balaban J connectivity index is 2.21. The summed E-state index contributed by atoms with van der Waals surface area (Å²) < 4.78 is 51.5. The van der Waals surface area contributed by atoms with Crippen LogP contribution in [0.4, 0.5) is 13.2 Å². The molecule has 1 aromatic rings. The van der Waals surface area contributed by atoms with E-state index in [4.69, 9.17) is 14.3 Å². The molecule has 2 aliphatic rings. The number of esters is 2. The van der Waals surface area contributed by atoms with Crippen LogP contribution in [0, 0.1) is 5.92 Å². The van der Waals surface area contributed by atoms with Crippen LogP contribution < -0.4 is 5.32 Å². The number of benzene rings is 1. The molecule has 0 aromatic heterocycles. The third-order valence-corrected chi connectivity index (χ3v) is 4.92. The minimum atomic E-state index is -4.68. The first-order chi connectivity index (χ1) is 14.2. The van der Waals surface area contributed by atoms with Crippen molar-refractivity contribution in [2.24, 2.45) is 11.1 Å². The molecule has 0 saturated heterocycles. The molecule has 10 heteroatoms. The van der Waals surface area contributed by atoms with E-state index >= 15 is 0 Å². The average molecular weight is 426 g/mol. The second-order valence-electron chi connectivity index (χ2n) is 6.71. The molecule has 1 N–H and O–H groups in total. The smallest absolute Gasteiger partial charge is 0.416 e. The highest BCUT2D eigenvalue weighted by Gasteiger charge is 2.52. The lowest BCUT2D eigenvalue weighted by Crippen LogP contribution is -2.48. The van der Waals surface area contributed by atoms with Gasteiger partial charge in [-0.2, -0.15) is 13.2 Å². The molecule has 1 aromatic carbocycles. The van der Waals surface area contributed by atoms with E-state index in [1.807, 2.05) is 0 Å². The normalized spacial score (nSPS) is 23.1. The number of fused-ring (bicyclic) bond motifs is 1. The first-order valence-electron chi connectivity index (χ1n) is 9.42. The van der Waals surface area contributed by atoms with Gasteiger partial charge in [0.05, 0.1) is 30.3 Å². The van der Waals surface area contributed by atoms with Gasteiger partial charge in [-0.05, 0) is 32.4 Å². The van der Waals surface area contributed by atoms with Gasteiger partial charge in [-0.1, -0.05) is 23.4 Å². The van der Waals surface area contributed by atoms with Gasteiger partial charge in [0.1, 0.15) is 0 Å². The van der Waals surface area contributed by atoms with E-state index in [0.717, 1.165) is 6.07 Å². The molecule has 0 aliphatic carbocycles. The largest absolute Gasteiger partial charge is 0.463 e. The Kier molecular flexibility index (Phi) is 6.04. The molecule has 0 bridgehead atoms. The van der Waals surface area contributed by atoms with E-state index in [1.54, 1.807) is 13.8 Å². The second-order valence-corrected chi connectivity index (χ2v) is 6.71. The highest BCUT2D eigenvalue weighted by molar-refractivity contribution is 6.38. The fraction of sp³-hybridized carbons (Fsp3) is 0.450. The summed E-state index contributed by atoms with van der Waals surface area (Å²) in [4.78, 5) is 30.5. The Bertz CT molecular complexity index is 910. The van der Waals surface area contributed by atoms with Crippen LogP contribution in [-0.2, 0) is 30.1 Å². The van der Waals surface area contributed by atoms with E-state index < -0.39 is 41.7 Å². The van der Waals surface area contributed by atoms with Crippen LogP contribution in [-0.4, -0.2) is 37.1 Å². The minimum Gasteiger partial charge on any atom is -0.463 e. The quantitative estimate of drug-likeness (QED) is 0.729. The summed E-state index contributed by atoms with van der Waals surface area (Å²) in [6, 6.07) is 4.92. The Morgan fingerprint density at radius 1 is 1.13 bits per heavy atom. The summed E-state index contributed by atoms with van der Waals surface area (Å²) in [6.45, 7) is 4.81. The molecule has 0 fully saturated rings. The predicted molar refractivity (Wildman–Crippen MR) is 99.1 cm³/mol. The summed E-state index contributed by atoms with van der Waals surface area (Å²) in [5.41, 5.74) is -1.01. The number of halogens is 3. The van der Waals surface area contributed by atoms with Crippen molar-refractivity contribution in [3.05, 3.63) is 46.7 Å². The molecular weight excluding hydrogens is 405 g/mol. The van der Waals surface area contributed by atoms with Gasteiger partial charge in [-0.3, -0.25) is 0 Å². The first kappa shape index (κ1) is 21.7. The molecule has 0 unspecified atom stereocenters. The van der Waals surface area contributed by atoms with Gasteiger partial charge in [-0.25, -0.2) is 9.59 Å². The molecule has 2 aliphatic heterocycles. The molecule has 0 saturated carbocycles. The van der Waals surface area contributed by atoms with Gasteiger partial charge < -0.3 is 19.6 Å². The molecule has 2 heterocycles. The van der Waals surface area contributed by atoms with Gasteiger partial charge in [-0.15, -0.1) is 0 Å². The van der Waals surface area contributed by atoms with Crippen molar-refractivity contribution in [1.29, 1.82) is 0 Å². The van der Waals surface area contributed by atoms with Crippen molar-refractivity contribution >= 4 is 17.7 Å². The van der Waals surface area contributed by atoms with Crippen LogP contribution >= 0.6 is 0 Å². The fourth-order valence-electron chi connectivity index (χ4n) is 3.78. The maximum absolute atomic E-state index is 13.8. The van der Waals surface area contributed by atoms with Crippen molar-refractivity contribution in [2.45, 2.75) is 39.1 Å². The maximum Gasteiger partial charge on any atom is 0.416 e. The third-order valence-electron chi connectivity index (χ3n) is 4.92. The molecule has 0 spiro atoms. The number of hydrogen-bond acceptors (Lipinski definition) is 7. The molecule has 162 valence electrons. The summed E-state index contributed by atoms with van der Waals surface area (Å²) in [5, 5.41) is 6.67. The number of rotatable bonds is 5. The number of allylic oxidation sites excluding steroid dienone is 1. The van der Waals surface area contributed by atoms with E-state index in [1.165, 1.54) is 25.1 Å². The van der Waals surface area contributed by atoms with Crippen molar-refractivity contribution in [2.75, 3.05) is 13.2 Å². The van der Waals surface area contributed by atoms with Crippen molar-refractivity contribution in [3.63, 3.8) is 0 Å². The van der Waals surface area contributed by atoms with E-state index in [2.05, 4.69) is 10.5 Å². The van der Waals surface area contributed by atoms with Crippen LogP contribution in [0.5, 0.6) is 0 Å². The van der Waals surface area contributed by atoms with E-state index in [9.17, 15) is 22.8 Å². The number of carbonyl (C=O) groups is 2. The lowest BCUT2D eigenvalue weighted by molar-refractivity contribution is -0.141. The molecule has 0 amide bonds. The number of ether oxygens (including phenoxy) is 2. The van der Waals surface area contributed by atoms with Crippen LogP contribution in [0.2, 0.25) is 0 Å². The number of oxime groups is 1. The first-order valence-corrected chi connectivity index (χ1v) is 9.42. The number of alkyl halides is 3. The number of carbonyl (C=O) groups excluding carboxylic acids is 2. The van der Waals surface area contributed by atoms with Gasteiger partial charge in [0, 0.05) is 11.6 Å².